The Bertz CT molecular complexity index is 618. The smallest absolute Gasteiger partial charge is 0.282 e. The first-order valence-corrected chi connectivity index (χ1v) is 6.40. The lowest BCUT2D eigenvalue weighted by atomic mass is 10.2. The molecule has 4 nitrogen and oxygen atoms in total. The number of benzene rings is 1. The zero-order valence-corrected chi connectivity index (χ0v) is 11.5. The van der Waals surface area contributed by atoms with Crippen molar-refractivity contribution in [3.63, 3.8) is 0 Å². The molecule has 0 atom stereocenters. The molecule has 0 unspecified atom stereocenters. The van der Waals surface area contributed by atoms with Crippen LogP contribution in [0.5, 0.6) is 5.75 Å². The van der Waals surface area contributed by atoms with Gasteiger partial charge >= 0.3 is 0 Å². The van der Waals surface area contributed by atoms with Gasteiger partial charge in [0.25, 0.3) is 5.91 Å². The number of nitrogens with zero attached hydrogens (tertiary/aromatic N) is 1. The number of methoxy groups -OCH3 is 1. The Morgan fingerprint density at radius 2 is 2.16 bits per heavy atom. The molecule has 0 saturated heterocycles. The quantitative estimate of drug-likeness (QED) is 0.538. The summed E-state index contributed by atoms with van der Waals surface area (Å²) in [6.07, 6.45) is 0. The molecule has 0 aliphatic heterocycles. The second kappa shape index (κ2) is 5.56. The topological polar surface area (TPSA) is 55.6 Å². The highest BCUT2D eigenvalue weighted by Crippen LogP contribution is 2.26. The molecule has 0 spiro atoms. The first-order chi connectivity index (χ1) is 9.02. The summed E-state index contributed by atoms with van der Waals surface area (Å²) in [5, 5.41) is 0.866. The number of carbonyl (C=O) groups is 1. The van der Waals surface area contributed by atoms with Gasteiger partial charge in [0.05, 0.1) is 22.0 Å². The summed E-state index contributed by atoms with van der Waals surface area (Å²) in [6, 6.07) is 7.19. The fraction of sp³-hybridized carbons (Fsp3) is 0.0833. The molecule has 19 heavy (non-hydrogen) atoms. The number of anilines is 1. The van der Waals surface area contributed by atoms with Gasteiger partial charge in [0.2, 0.25) is 0 Å². The number of hydrazine groups is 1. The lowest BCUT2D eigenvalue weighted by Gasteiger charge is -2.16. The molecule has 2 aromatic rings. The zero-order chi connectivity index (χ0) is 14.0. The van der Waals surface area contributed by atoms with Crippen molar-refractivity contribution in [1.29, 1.82) is 0 Å². The normalized spacial score (nSPS) is 10.3. The standard InChI is InChI=1S/C12H10ClFN2O2S/c1-18-9-3-2-7(6-8(9)14)16(15)12(17)10-4-5-11(13)19-10/h2-6H,15H2,1H3. The minimum Gasteiger partial charge on any atom is -0.494 e. The Labute approximate surface area is 118 Å². The SMILES string of the molecule is COc1ccc(N(N)C(=O)c2ccc(Cl)s2)cc1F. The number of hydrogen-bond acceptors (Lipinski definition) is 4. The summed E-state index contributed by atoms with van der Waals surface area (Å²) in [7, 11) is 1.36. The molecule has 1 aromatic carbocycles. The fourth-order valence-electron chi connectivity index (χ4n) is 1.47. The number of nitrogens with two attached hydrogens (primary N) is 1. The fourth-order valence-corrected chi connectivity index (χ4v) is 2.45. The van der Waals surface area contributed by atoms with E-state index in [9.17, 15) is 9.18 Å². The van der Waals surface area contributed by atoms with E-state index in [0.717, 1.165) is 22.4 Å². The Morgan fingerprint density at radius 3 is 2.68 bits per heavy atom. The predicted molar refractivity (Wildman–Crippen MR) is 73.3 cm³/mol. The van der Waals surface area contributed by atoms with Crippen LogP contribution in [0.3, 0.4) is 0 Å². The summed E-state index contributed by atoms with van der Waals surface area (Å²) in [6.45, 7) is 0. The first kappa shape index (κ1) is 13.8. The van der Waals surface area contributed by atoms with E-state index in [-0.39, 0.29) is 11.4 Å². The molecule has 0 bridgehead atoms. The van der Waals surface area contributed by atoms with Crippen LogP contribution in [0.4, 0.5) is 10.1 Å². The van der Waals surface area contributed by atoms with Crippen molar-refractivity contribution in [2.75, 3.05) is 12.1 Å². The molecule has 2 rings (SSSR count). The average molecular weight is 301 g/mol. The van der Waals surface area contributed by atoms with Crippen molar-refractivity contribution in [3.05, 3.63) is 45.4 Å². The first-order valence-electron chi connectivity index (χ1n) is 5.21. The molecule has 1 heterocycles. The lowest BCUT2D eigenvalue weighted by molar-refractivity contribution is 0.0990. The Kier molecular flexibility index (Phi) is 4.04. The minimum atomic E-state index is -0.590. The maximum Gasteiger partial charge on any atom is 0.282 e. The maximum atomic E-state index is 13.5. The molecule has 0 fully saturated rings. The monoisotopic (exact) mass is 300 g/mol. The number of halogens is 2. The Balaban J connectivity index is 2.26. The van der Waals surface area contributed by atoms with E-state index in [0.29, 0.717) is 9.21 Å². The molecule has 0 aliphatic carbocycles. The molecule has 0 saturated carbocycles. The van der Waals surface area contributed by atoms with Crippen LogP contribution in [0.1, 0.15) is 9.67 Å². The van der Waals surface area contributed by atoms with Crippen LogP contribution in [0.25, 0.3) is 0 Å². The van der Waals surface area contributed by atoms with E-state index in [2.05, 4.69) is 0 Å². The third-order valence-electron chi connectivity index (χ3n) is 2.42. The van der Waals surface area contributed by atoms with Crippen LogP contribution in [-0.2, 0) is 0 Å². The minimum absolute atomic E-state index is 0.0868. The number of hydrogen-bond donors (Lipinski definition) is 1. The summed E-state index contributed by atoms with van der Waals surface area (Å²) < 4.78 is 18.8. The molecule has 100 valence electrons. The van der Waals surface area contributed by atoms with Crippen LogP contribution in [0.15, 0.2) is 30.3 Å². The molecular weight excluding hydrogens is 291 g/mol. The van der Waals surface area contributed by atoms with Gasteiger partial charge in [-0.3, -0.25) is 4.79 Å². The summed E-state index contributed by atoms with van der Waals surface area (Å²) >= 11 is 6.86. The van der Waals surface area contributed by atoms with E-state index in [1.165, 1.54) is 19.2 Å². The third kappa shape index (κ3) is 2.86. The maximum absolute atomic E-state index is 13.5. The molecule has 0 aliphatic rings. The molecule has 7 heteroatoms. The summed E-state index contributed by atoms with van der Waals surface area (Å²) in [4.78, 5) is 12.4. The van der Waals surface area contributed by atoms with E-state index < -0.39 is 11.7 Å². The van der Waals surface area contributed by atoms with Crippen molar-refractivity contribution in [2.45, 2.75) is 0 Å². The van der Waals surface area contributed by atoms with Gasteiger partial charge in [-0.2, -0.15) is 0 Å². The van der Waals surface area contributed by atoms with Crippen LogP contribution < -0.4 is 15.6 Å². The third-order valence-corrected chi connectivity index (χ3v) is 3.64. The molecule has 1 aromatic heterocycles. The van der Waals surface area contributed by atoms with Gasteiger partial charge in [-0.15, -0.1) is 11.3 Å². The second-order valence-electron chi connectivity index (χ2n) is 3.60. The van der Waals surface area contributed by atoms with Gasteiger partial charge in [0, 0.05) is 6.07 Å². The van der Waals surface area contributed by atoms with E-state index in [1.54, 1.807) is 12.1 Å². The van der Waals surface area contributed by atoms with Crippen molar-refractivity contribution in [3.8, 4) is 5.75 Å². The van der Waals surface area contributed by atoms with Crippen LogP contribution in [0, 0.1) is 5.82 Å². The summed E-state index contributed by atoms with van der Waals surface area (Å²) in [5.41, 5.74) is 0.229. The van der Waals surface area contributed by atoms with E-state index in [4.69, 9.17) is 22.2 Å². The number of ether oxygens (including phenoxy) is 1. The lowest BCUT2D eigenvalue weighted by Crippen LogP contribution is -2.37. The highest BCUT2D eigenvalue weighted by atomic mass is 35.5. The van der Waals surface area contributed by atoms with Gasteiger partial charge < -0.3 is 4.74 Å². The van der Waals surface area contributed by atoms with E-state index in [1.807, 2.05) is 0 Å². The van der Waals surface area contributed by atoms with Gasteiger partial charge in [-0.25, -0.2) is 15.2 Å². The van der Waals surface area contributed by atoms with Crippen molar-refractivity contribution in [1.82, 2.24) is 0 Å². The van der Waals surface area contributed by atoms with Crippen LogP contribution >= 0.6 is 22.9 Å². The molecule has 2 N–H and O–H groups in total. The van der Waals surface area contributed by atoms with Gasteiger partial charge in [0.1, 0.15) is 0 Å². The molecular formula is C12H10ClFN2O2S. The molecule has 1 amide bonds. The van der Waals surface area contributed by atoms with E-state index >= 15 is 0 Å². The molecule has 0 radical (unpaired) electrons. The highest BCUT2D eigenvalue weighted by Gasteiger charge is 2.17. The van der Waals surface area contributed by atoms with Crippen LogP contribution in [-0.4, -0.2) is 13.0 Å². The Morgan fingerprint density at radius 1 is 1.42 bits per heavy atom. The number of rotatable bonds is 3. The Hall–Kier alpha value is -1.63. The van der Waals surface area contributed by atoms with Crippen molar-refractivity contribution < 1.29 is 13.9 Å². The summed E-state index contributed by atoms with van der Waals surface area (Å²) in [5.74, 6) is 4.72. The van der Waals surface area contributed by atoms with Crippen molar-refractivity contribution in [2.24, 2.45) is 5.84 Å². The number of amides is 1. The number of carbonyl (C=O) groups excluding carboxylic acids is 1. The van der Waals surface area contributed by atoms with Crippen molar-refractivity contribution >= 4 is 34.5 Å². The zero-order valence-electron chi connectivity index (χ0n) is 9.89. The van der Waals surface area contributed by atoms with Crippen LogP contribution in [0.2, 0.25) is 4.34 Å². The average Bonchev–Trinajstić information content (AvgIpc) is 2.83. The highest BCUT2D eigenvalue weighted by molar-refractivity contribution is 7.18. The van der Waals surface area contributed by atoms with Gasteiger partial charge in [-0.05, 0) is 24.3 Å². The predicted octanol–water partition coefficient (Wildman–Crippen LogP) is 3.07. The largest absolute Gasteiger partial charge is 0.494 e. The van der Waals surface area contributed by atoms with Gasteiger partial charge in [0.15, 0.2) is 11.6 Å². The number of thiophene rings is 1. The second-order valence-corrected chi connectivity index (χ2v) is 5.31. The van der Waals surface area contributed by atoms with Gasteiger partial charge in [-0.1, -0.05) is 11.6 Å².